The van der Waals surface area contributed by atoms with Crippen LogP contribution in [0.15, 0.2) is 46.3 Å². The molecule has 0 amide bonds. The topological polar surface area (TPSA) is 131 Å². The van der Waals surface area contributed by atoms with Gasteiger partial charge in [0, 0.05) is 18.8 Å². The minimum atomic E-state index is -0.270. The Hall–Kier alpha value is -4.02. The molecule has 7 heteroatoms. The van der Waals surface area contributed by atoms with Crippen molar-refractivity contribution in [1.82, 2.24) is 4.98 Å². The number of aromatic nitrogens is 1. The number of hydrogen-bond acceptors (Lipinski definition) is 5. The molecular formula is C21H22N6O. The minimum Gasteiger partial charge on any atom is -0.383 e. The summed E-state index contributed by atoms with van der Waals surface area (Å²) in [5, 5.41) is 18.7. The van der Waals surface area contributed by atoms with Gasteiger partial charge in [-0.2, -0.15) is 5.26 Å². The highest BCUT2D eigenvalue weighted by Crippen LogP contribution is 2.23. The lowest BCUT2D eigenvalue weighted by atomic mass is 10.1. The first-order chi connectivity index (χ1) is 13.7. The van der Waals surface area contributed by atoms with Crippen molar-refractivity contribution in [1.29, 1.82) is 10.5 Å². The van der Waals surface area contributed by atoms with E-state index in [0.717, 1.165) is 12.8 Å². The van der Waals surface area contributed by atoms with Crippen molar-refractivity contribution in [3.63, 3.8) is 0 Å². The third-order valence-corrected chi connectivity index (χ3v) is 4.18. The molecule has 1 aromatic heterocycles. The Morgan fingerprint density at radius 3 is 2.36 bits per heavy atom. The van der Waals surface area contributed by atoms with Gasteiger partial charge in [-0.25, -0.2) is 10.3 Å². The van der Waals surface area contributed by atoms with Crippen LogP contribution in [0.4, 0.5) is 11.4 Å². The maximum atomic E-state index is 12.2. The second-order valence-corrected chi connectivity index (χ2v) is 5.88. The summed E-state index contributed by atoms with van der Waals surface area (Å²) in [5.41, 5.74) is 8.04. The Labute approximate surface area is 164 Å². The van der Waals surface area contributed by atoms with E-state index >= 15 is 0 Å². The molecule has 0 spiro atoms. The van der Waals surface area contributed by atoms with Gasteiger partial charge in [-0.15, -0.1) is 12.8 Å². The lowest BCUT2D eigenvalue weighted by Crippen LogP contribution is -2.28. The lowest BCUT2D eigenvalue weighted by molar-refractivity contribution is 0.754. The van der Waals surface area contributed by atoms with Gasteiger partial charge in [0.2, 0.25) is 0 Å². The van der Waals surface area contributed by atoms with Crippen LogP contribution in [0.5, 0.6) is 0 Å². The summed E-state index contributed by atoms with van der Waals surface area (Å²) in [5.74, 6) is 0.155. The summed E-state index contributed by atoms with van der Waals surface area (Å²) in [6, 6.07) is 11.0. The van der Waals surface area contributed by atoms with Gasteiger partial charge in [0.1, 0.15) is 11.4 Å². The number of nitrogens with zero attached hydrogens (tertiary/aromatic N) is 3. The predicted molar refractivity (Wildman–Crippen MR) is 111 cm³/mol. The van der Waals surface area contributed by atoms with Crippen LogP contribution in [0.1, 0.15) is 36.8 Å². The largest absolute Gasteiger partial charge is 0.383 e. The van der Waals surface area contributed by atoms with Gasteiger partial charge in [-0.1, -0.05) is 12.8 Å². The number of pyridine rings is 1. The molecule has 0 aliphatic heterocycles. The van der Waals surface area contributed by atoms with Crippen LogP contribution in [0.2, 0.25) is 0 Å². The molecule has 1 fully saturated rings. The number of aliphatic imine (C=N–C) groups is 1. The lowest BCUT2D eigenvalue weighted by Gasteiger charge is -2.16. The van der Waals surface area contributed by atoms with Crippen molar-refractivity contribution in [3.05, 3.63) is 58.0 Å². The fourth-order valence-electron chi connectivity index (χ4n) is 2.95. The third-order valence-electron chi connectivity index (χ3n) is 4.18. The first-order valence-corrected chi connectivity index (χ1v) is 8.59. The molecule has 1 aromatic carbocycles. The Balaban J connectivity index is 0.000000921. The van der Waals surface area contributed by atoms with E-state index in [4.69, 9.17) is 16.3 Å². The first kappa shape index (κ1) is 22.0. The monoisotopic (exact) mass is 374 g/mol. The van der Waals surface area contributed by atoms with Crippen molar-refractivity contribution < 1.29 is 0 Å². The minimum absolute atomic E-state index is 0.155. The van der Waals surface area contributed by atoms with E-state index in [-0.39, 0.29) is 11.4 Å². The van der Waals surface area contributed by atoms with E-state index in [2.05, 4.69) is 40.8 Å². The summed E-state index contributed by atoms with van der Waals surface area (Å²) in [6.45, 7) is 3.50. The first-order valence-electron chi connectivity index (χ1n) is 8.59. The Bertz CT molecular complexity index is 919. The molecule has 0 unspecified atom stereocenters. The molecule has 142 valence electrons. The van der Waals surface area contributed by atoms with E-state index in [1.54, 1.807) is 30.5 Å². The summed E-state index contributed by atoms with van der Waals surface area (Å²) in [7, 11) is 0. The van der Waals surface area contributed by atoms with Gasteiger partial charge in [0.15, 0.2) is 0 Å². The molecule has 0 saturated heterocycles. The average Bonchev–Trinajstić information content (AvgIpc) is 3.25. The van der Waals surface area contributed by atoms with Gasteiger partial charge >= 0.3 is 0 Å². The van der Waals surface area contributed by atoms with Gasteiger partial charge in [-0.3, -0.25) is 4.79 Å². The third kappa shape index (κ3) is 5.76. The number of amidine groups is 1. The summed E-state index contributed by atoms with van der Waals surface area (Å²) in [6.07, 6.45) is 14.2. The molecule has 1 aliphatic carbocycles. The molecule has 7 nitrogen and oxygen atoms in total. The summed E-state index contributed by atoms with van der Waals surface area (Å²) >= 11 is 0. The number of rotatable bonds is 4. The van der Waals surface area contributed by atoms with Crippen molar-refractivity contribution in [3.8, 4) is 25.5 Å². The molecule has 1 saturated carbocycles. The normalized spacial score (nSPS) is 13.2. The quantitative estimate of drug-likeness (QED) is 0.430. The summed E-state index contributed by atoms with van der Waals surface area (Å²) in [4.78, 5) is 19.2. The second-order valence-electron chi connectivity index (χ2n) is 5.88. The van der Waals surface area contributed by atoms with Crippen LogP contribution in [0.25, 0.3) is 0 Å². The molecule has 0 bridgehead atoms. The standard InChI is InChI=1S/C18H19N5O.C2H2.CHN/c19-11-12-5-7-14(8-6-12)23-17(20)16-15(9-10-21-18(16)24)22-13-3-1-2-4-13;2*1-2/h5-10,13H,1-4H2,(H2,20,23)(H2,21,22,24);1-2H;1H. The highest BCUT2D eigenvalue weighted by molar-refractivity contribution is 6.03. The van der Waals surface area contributed by atoms with E-state index in [1.165, 1.54) is 12.8 Å². The molecule has 4 N–H and O–H groups in total. The van der Waals surface area contributed by atoms with Crippen LogP contribution >= 0.6 is 0 Å². The second kappa shape index (κ2) is 11.6. The highest BCUT2D eigenvalue weighted by atomic mass is 16.1. The van der Waals surface area contributed by atoms with E-state index in [1.807, 2.05) is 6.07 Å². The summed E-state index contributed by atoms with van der Waals surface area (Å²) < 4.78 is 0. The van der Waals surface area contributed by atoms with Gasteiger partial charge in [0.25, 0.3) is 5.56 Å². The van der Waals surface area contributed by atoms with Crippen LogP contribution in [-0.2, 0) is 0 Å². The zero-order chi connectivity index (χ0) is 20.9. The molecule has 0 radical (unpaired) electrons. The SMILES string of the molecule is C#C.C#N.N#Cc1ccc(N=C(N)c2c(NC3CCCC3)cc[nH]c2=O)cc1. The number of nitrogens with two attached hydrogens (primary N) is 1. The number of H-pyrrole nitrogens is 1. The van der Waals surface area contributed by atoms with Crippen molar-refractivity contribution >= 4 is 17.2 Å². The van der Waals surface area contributed by atoms with E-state index < -0.39 is 0 Å². The highest BCUT2D eigenvalue weighted by Gasteiger charge is 2.18. The van der Waals surface area contributed by atoms with Gasteiger partial charge < -0.3 is 16.0 Å². The van der Waals surface area contributed by atoms with Crippen molar-refractivity contribution in [2.45, 2.75) is 31.7 Å². The fourth-order valence-corrected chi connectivity index (χ4v) is 2.95. The van der Waals surface area contributed by atoms with Crippen LogP contribution < -0.4 is 16.6 Å². The number of nitrogens with one attached hydrogen (secondary N) is 2. The smallest absolute Gasteiger partial charge is 0.261 e. The van der Waals surface area contributed by atoms with E-state index in [0.29, 0.717) is 28.5 Å². The van der Waals surface area contributed by atoms with Crippen molar-refractivity contribution in [2.24, 2.45) is 10.7 Å². The molecule has 3 rings (SSSR count). The number of hydrogen-bond donors (Lipinski definition) is 3. The van der Waals surface area contributed by atoms with E-state index in [9.17, 15) is 4.79 Å². The molecular weight excluding hydrogens is 352 g/mol. The number of benzene rings is 1. The fraction of sp³-hybridized carbons (Fsp3) is 0.238. The van der Waals surface area contributed by atoms with Gasteiger partial charge in [0.05, 0.1) is 23.0 Å². The number of anilines is 1. The Morgan fingerprint density at radius 1 is 1.18 bits per heavy atom. The maximum absolute atomic E-state index is 12.2. The zero-order valence-corrected chi connectivity index (χ0v) is 15.4. The Morgan fingerprint density at radius 2 is 1.79 bits per heavy atom. The molecule has 2 aromatic rings. The number of terminal acetylenes is 1. The van der Waals surface area contributed by atoms with Crippen molar-refractivity contribution in [2.75, 3.05) is 5.32 Å². The molecule has 0 atom stereocenters. The van der Waals surface area contributed by atoms with Gasteiger partial charge in [-0.05, 0) is 43.2 Å². The maximum Gasteiger partial charge on any atom is 0.261 e. The molecule has 28 heavy (non-hydrogen) atoms. The van der Waals surface area contributed by atoms with Crippen LogP contribution in [0, 0.1) is 36.0 Å². The predicted octanol–water partition coefficient (Wildman–Crippen LogP) is 3.03. The molecule has 1 aliphatic rings. The van der Waals surface area contributed by atoms with Crippen LogP contribution in [-0.4, -0.2) is 16.9 Å². The number of aromatic amines is 1. The molecule has 1 heterocycles. The average molecular weight is 374 g/mol. The zero-order valence-electron chi connectivity index (χ0n) is 15.4. The number of nitriles is 2. The Kier molecular flexibility index (Phi) is 9.10. The van der Waals surface area contributed by atoms with Crippen LogP contribution in [0.3, 0.4) is 0 Å².